The van der Waals surface area contributed by atoms with E-state index in [0.29, 0.717) is 0 Å². The van der Waals surface area contributed by atoms with Gasteiger partial charge < -0.3 is 4.74 Å². The Morgan fingerprint density at radius 2 is 2.08 bits per heavy atom. The van der Waals surface area contributed by atoms with Crippen LogP contribution in [0.5, 0.6) is 0 Å². The fourth-order valence-corrected chi connectivity index (χ4v) is 0.707. The van der Waals surface area contributed by atoms with Gasteiger partial charge in [-0.05, 0) is 32.4 Å². The molecule has 1 heteroatoms. The van der Waals surface area contributed by atoms with Gasteiger partial charge in [0, 0.05) is 0 Å². The van der Waals surface area contributed by atoms with Crippen LogP contribution < -0.4 is 0 Å². The summed E-state index contributed by atoms with van der Waals surface area (Å²) in [6, 6.07) is 0. The smallest absolute Gasteiger partial charge is 0.114 e. The van der Waals surface area contributed by atoms with Crippen LogP contribution in [-0.2, 0) is 4.74 Å². The van der Waals surface area contributed by atoms with Crippen LogP contribution in [0.3, 0.4) is 0 Å². The molecule has 0 spiro atoms. The van der Waals surface area contributed by atoms with Crippen molar-refractivity contribution in [3.05, 3.63) is 35.6 Å². The summed E-state index contributed by atoms with van der Waals surface area (Å²) < 4.78 is 5.06. The van der Waals surface area contributed by atoms with Crippen LogP contribution in [0.4, 0.5) is 0 Å². The molecule has 0 amide bonds. The Morgan fingerprint density at radius 3 is 2.50 bits per heavy atom. The number of hydrogen-bond acceptors (Lipinski definition) is 1. The molecule has 0 aliphatic carbocycles. The average Bonchev–Trinajstić information content (AvgIpc) is 2.12. The molecule has 0 radical (unpaired) electrons. The van der Waals surface area contributed by atoms with E-state index in [1.807, 2.05) is 25.2 Å². The molecule has 0 fully saturated rings. The molecule has 0 aromatic carbocycles. The zero-order valence-corrected chi connectivity index (χ0v) is 8.42. The molecular weight excluding hydrogens is 148 g/mol. The summed E-state index contributed by atoms with van der Waals surface area (Å²) in [5, 5.41) is 0. The van der Waals surface area contributed by atoms with Crippen molar-refractivity contribution in [2.45, 2.75) is 27.2 Å². The van der Waals surface area contributed by atoms with E-state index >= 15 is 0 Å². The molecule has 0 aromatic rings. The molecule has 0 atom stereocenters. The van der Waals surface area contributed by atoms with Crippen molar-refractivity contribution in [3.8, 4) is 0 Å². The fraction of sp³-hybridized carbons (Fsp3) is 0.455. The quantitative estimate of drug-likeness (QED) is 0.459. The summed E-state index contributed by atoms with van der Waals surface area (Å²) in [4.78, 5) is 0. The summed E-state index contributed by atoms with van der Waals surface area (Å²) in [5.74, 6) is 0.898. The zero-order chi connectivity index (χ0) is 9.40. The van der Waals surface area contributed by atoms with E-state index in [1.165, 1.54) is 5.57 Å². The summed E-state index contributed by atoms with van der Waals surface area (Å²) >= 11 is 0. The molecule has 0 aromatic heterocycles. The van der Waals surface area contributed by atoms with E-state index < -0.39 is 0 Å². The van der Waals surface area contributed by atoms with Gasteiger partial charge in [-0.15, -0.1) is 0 Å². The highest BCUT2D eigenvalue weighted by molar-refractivity contribution is 5.18. The van der Waals surface area contributed by atoms with Gasteiger partial charge in [0.1, 0.15) is 5.76 Å². The maximum Gasteiger partial charge on any atom is 0.114 e. The van der Waals surface area contributed by atoms with Gasteiger partial charge in [0.15, 0.2) is 0 Å². The first-order chi connectivity index (χ1) is 5.74. The molecular formula is C11H18O. The predicted octanol–water partition coefficient (Wildman–Crippen LogP) is 3.45. The minimum absolute atomic E-state index is 0.898. The lowest BCUT2D eigenvalue weighted by Crippen LogP contribution is -1.78. The molecule has 0 aliphatic rings. The number of rotatable bonds is 4. The second-order valence-electron chi connectivity index (χ2n) is 2.62. The fourth-order valence-electron chi connectivity index (χ4n) is 0.707. The van der Waals surface area contributed by atoms with Crippen LogP contribution in [0.1, 0.15) is 27.2 Å². The van der Waals surface area contributed by atoms with E-state index in [-0.39, 0.29) is 0 Å². The van der Waals surface area contributed by atoms with E-state index in [4.69, 9.17) is 4.74 Å². The second kappa shape index (κ2) is 6.71. The number of hydrogen-bond donors (Lipinski definition) is 0. The van der Waals surface area contributed by atoms with Gasteiger partial charge in [-0.1, -0.05) is 24.6 Å². The van der Waals surface area contributed by atoms with Gasteiger partial charge >= 0.3 is 0 Å². The van der Waals surface area contributed by atoms with Crippen molar-refractivity contribution in [3.63, 3.8) is 0 Å². The molecule has 0 heterocycles. The second-order valence-corrected chi connectivity index (χ2v) is 2.62. The lowest BCUT2D eigenvalue weighted by Gasteiger charge is -1.96. The third-order valence-corrected chi connectivity index (χ3v) is 1.72. The number of allylic oxidation sites excluding steroid dienone is 5. The van der Waals surface area contributed by atoms with Gasteiger partial charge in [-0.3, -0.25) is 0 Å². The monoisotopic (exact) mass is 166 g/mol. The van der Waals surface area contributed by atoms with E-state index in [2.05, 4.69) is 19.9 Å². The lowest BCUT2D eigenvalue weighted by molar-refractivity contribution is 0.306. The van der Waals surface area contributed by atoms with Crippen LogP contribution in [0.15, 0.2) is 35.6 Å². The molecule has 1 nitrogen and oxygen atoms in total. The Bertz CT molecular complexity index is 197. The molecule has 0 bridgehead atoms. The van der Waals surface area contributed by atoms with Gasteiger partial charge in [-0.25, -0.2) is 0 Å². The average molecular weight is 166 g/mol. The Hall–Kier alpha value is -0.980. The Balaban J connectivity index is 4.07. The lowest BCUT2D eigenvalue weighted by atomic mass is 10.2. The van der Waals surface area contributed by atoms with Crippen LogP contribution >= 0.6 is 0 Å². The van der Waals surface area contributed by atoms with Crippen molar-refractivity contribution in [1.29, 1.82) is 0 Å². The summed E-state index contributed by atoms with van der Waals surface area (Å²) in [6.07, 6.45) is 9.10. The first-order valence-corrected chi connectivity index (χ1v) is 4.28. The first kappa shape index (κ1) is 11.0. The Labute approximate surface area is 75.4 Å². The van der Waals surface area contributed by atoms with Gasteiger partial charge in [0.25, 0.3) is 0 Å². The summed E-state index contributed by atoms with van der Waals surface area (Å²) in [6.45, 7) is 6.22. The van der Waals surface area contributed by atoms with Crippen molar-refractivity contribution >= 4 is 0 Å². The third kappa shape index (κ3) is 4.78. The predicted molar refractivity (Wildman–Crippen MR) is 54.0 cm³/mol. The SMILES string of the molecule is C\C=C(/C=C\C=C(/C)CC)OC. The molecule has 0 rings (SSSR count). The van der Waals surface area contributed by atoms with E-state index in [1.54, 1.807) is 7.11 Å². The van der Waals surface area contributed by atoms with Gasteiger partial charge in [0.2, 0.25) is 0 Å². The Morgan fingerprint density at radius 1 is 1.42 bits per heavy atom. The molecule has 0 aliphatic heterocycles. The minimum atomic E-state index is 0.898. The van der Waals surface area contributed by atoms with Gasteiger partial charge in [0.05, 0.1) is 7.11 Å². The Kier molecular flexibility index (Phi) is 6.16. The maximum absolute atomic E-state index is 5.06. The van der Waals surface area contributed by atoms with Crippen molar-refractivity contribution < 1.29 is 4.74 Å². The third-order valence-electron chi connectivity index (χ3n) is 1.72. The largest absolute Gasteiger partial charge is 0.497 e. The van der Waals surface area contributed by atoms with Crippen molar-refractivity contribution in [2.75, 3.05) is 7.11 Å². The minimum Gasteiger partial charge on any atom is -0.497 e. The van der Waals surface area contributed by atoms with Crippen LogP contribution in [0, 0.1) is 0 Å². The molecule has 0 unspecified atom stereocenters. The van der Waals surface area contributed by atoms with Crippen molar-refractivity contribution in [1.82, 2.24) is 0 Å². The molecule has 0 saturated heterocycles. The normalized spacial score (nSPS) is 14.0. The highest BCUT2D eigenvalue weighted by Crippen LogP contribution is 2.01. The van der Waals surface area contributed by atoms with Gasteiger partial charge in [-0.2, -0.15) is 0 Å². The number of ether oxygens (including phenoxy) is 1. The molecule has 68 valence electrons. The number of methoxy groups -OCH3 is 1. The van der Waals surface area contributed by atoms with E-state index in [9.17, 15) is 0 Å². The van der Waals surface area contributed by atoms with E-state index in [0.717, 1.165) is 12.2 Å². The summed E-state index contributed by atoms with van der Waals surface area (Å²) in [7, 11) is 1.68. The van der Waals surface area contributed by atoms with Crippen LogP contribution in [0.25, 0.3) is 0 Å². The zero-order valence-electron chi connectivity index (χ0n) is 8.42. The van der Waals surface area contributed by atoms with Crippen LogP contribution in [0.2, 0.25) is 0 Å². The molecule has 0 saturated carbocycles. The highest BCUT2D eigenvalue weighted by Gasteiger charge is 1.83. The molecule has 12 heavy (non-hydrogen) atoms. The molecule has 0 N–H and O–H groups in total. The topological polar surface area (TPSA) is 9.23 Å². The van der Waals surface area contributed by atoms with Crippen LogP contribution in [-0.4, -0.2) is 7.11 Å². The standard InChI is InChI=1S/C11H18O/c1-5-10(3)8-7-9-11(6-2)12-4/h6-9H,5H2,1-4H3/b9-7-,10-8+,11-6+. The summed E-state index contributed by atoms with van der Waals surface area (Å²) in [5.41, 5.74) is 1.37. The maximum atomic E-state index is 5.06. The highest BCUT2D eigenvalue weighted by atomic mass is 16.5. The first-order valence-electron chi connectivity index (χ1n) is 4.28. The van der Waals surface area contributed by atoms with Crippen molar-refractivity contribution in [2.24, 2.45) is 0 Å².